The third kappa shape index (κ3) is 3.86. The van der Waals surface area contributed by atoms with E-state index in [1.54, 1.807) is 6.07 Å². The lowest BCUT2D eigenvalue weighted by Gasteiger charge is -2.20. The van der Waals surface area contributed by atoms with E-state index in [0.717, 1.165) is 24.2 Å². The summed E-state index contributed by atoms with van der Waals surface area (Å²) < 4.78 is 5.66. The van der Waals surface area contributed by atoms with E-state index in [1.807, 2.05) is 19.1 Å². The van der Waals surface area contributed by atoms with Gasteiger partial charge < -0.3 is 15.2 Å². The second kappa shape index (κ2) is 6.62. The number of hydrogen-bond donors (Lipinski definition) is 2. The normalized spacial score (nSPS) is 15.5. The van der Waals surface area contributed by atoms with Crippen molar-refractivity contribution in [1.29, 1.82) is 0 Å². The van der Waals surface area contributed by atoms with Gasteiger partial charge >= 0.3 is 0 Å². The average Bonchev–Trinajstić information content (AvgIpc) is 2.37. The van der Waals surface area contributed by atoms with Crippen LogP contribution >= 0.6 is 23.2 Å². The molecule has 0 aliphatic carbocycles. The molecule has 1 atom stereocenters. The van der Waals surface area contributed by atoms with E-state index in [0.29, 0.717) is 22.4 Å². The highest BCUT2D eigenvalue weighted by atomic mass is 35.5. The summed E-state index contributed by atoms with van der Waals surface area (Å²) in [4.78, 5) is 0. The number of fused-ring (bicyclic) bond motifs is 1. The van der Waals surface area contributed by atoms with Gasteiger partial charge in [-0.05, 0) is 29.7 Å². The van der Waals surface area contributed by atoms with Gasteiger partial charge in [-0.3, -0.25) is 0 Å². The molecule has 1 aromatic rings. The van der Waals surface area contributed by atoms with Crippen LogP contribution in [-0.2, 0) is 0 Å². The minimum absolute atomic E-state index is 0.191. The number of halogens is 2. The summed E-state index contributed by atoms with van der Waals surface area (Å²) >= 11 is 12.1. The standard InChI is InChI=1S/C14H17Cl2NO2/c1-9(7-18)5-17-6-10-2-11-3-12(15)4-13(16)14(11)19-8-10/h2-4,9,17-18H,5-8H2,1H3. The zero-order valence-electron chi connectivity index (χ0n) is 10.7. The molecule has 0 radical (unpaired) electrons. The SMILES string of the molecule is CC(CO)CNCC1=Cc2cc(Cl)cc(Cl)c2OC1. The summed E-state index contributed by atoms with van der Waals surface area (Å²) in [5.74, 6) is 0.944. The predicted octanol–water partition coefficient (Wildman–Crippen LogP) is 2.99. The molecule has 0 fully saturated rings. The molecule has 2 N–H and O–H groups in total. The monoisotopic (exact) mass is 301 g/mol. The summed E-state index contributed by atoms with van der Waals surface area (Å²) in [6.45, 7) is 4.21. The van der Waals surface area contributed by atoms with Crippen LogP contribution in [-0.4, -0.2) is 31.4 Å². The van der Waals surface area contributed by atoms with Crippen LogP contribution in [0.25, 0.3) is 6.08 Å². The molecule has 5 heteroatoms. The van der Waals surface area contributed by atoms with Gasteiger partial charge in [0.2, 0.25) is 0 Å². The van der Waals surface area contributed by atoms with Crippen LogP contribution in [0.15, 0.2) is 17.7 Å². The van der Waals surface area contributed by atoms with Crippen molar-refractivity contribution in [3.8, 4) is 5.75 Å². The van der Waals surface area contributed by atoms with Crippen LogP contribution in [0.1, 0.15) is 12.5 Å². The summed E-state index contributed by atoms with van der Waals surface area (Å²) in [6.07, 6.45) is 2.05. The van der Waals surface area contributed by atoms with Crippen molar-refractivity contribution >= 4 is 29.3 Å². The lowest BCUT2D eigenvalue weighted by Crippen LogP contribution is -2.27. The Kier molecular flexibility index (Phi) is 5.11. The van der Waals surface area contributed by atoms with E-state index in [2.05, 4.69) is 5.32 Å². The first-order valence-corrected chi connectivity index (χ1v) is 6.98. The lowest BCUT2D eigenvalue weighted by molar-refractivity contribution is 0.234. The van der Waals surface area contributed by atoms with Crippen molar-refractivity contribution in [1.82, 2.24) is 5.32 Å². The number of rotatable bonds is 5. The molecular formula is C14H17Cl2NO2. The third-order valence-corrected chi connectivity index (χ3v) is 3.45. The van der Waals surface area contributed by atoms with Gasteiger partial charge in [0.05, 0.1) is 5.02 Å². The first-order valence-electron chi connectivity index (χ1n) is 6.23. The van der Waals surface area contributed by atoms with E-state index < -0.39 is 0 Å². The van der Waals surface area contributed by atoms with Crippen LogP contribution < -0.4 is 10.1 Å². The van der Waals surface area contributed by atoms with Crippen LogP contribution in [0.5, 0.6) is 5.75 Å². The summed E-state index contributed by atoms with van der Waals surface area (Å²) in [6, 6.07) is 3.53. The van der Waals surface area contributed by atoms with Crippen LogP contribution in [0.4, 0.5) is 0 Å². The summed E-state index contributed by atoms with van der Waals surface area (Å²) in [5.41, 5.74) is 2.05. The zero-order chi connectivity index (χ0) is 13.8. The van der Waals surface area contributed by atoms with Gasteiger partial charge in [-0.1, -0.05) is 30.1 Å². The van der Waals surface area contributed by atoms with Gasteiger partial charge in [0.25, 0.3) is 0 Å². The van der Waals surface area contributed by atoms with E-state index in [-0.39, 0.29) is 12.5 Å². The molecule has 0 saturated heterocycles. The van der Waals surface area contributed by atoms with Gasteiger partial charge in [0.15, 0.2) is 0 Å². The van der Waals surface area contributed by atoms with Crippen LogP contribution in [0.2, 0.25) is 10.0 Å². The molecule has 104 valence electrons. The largest absolute Gasteiger partial charge is 0.487 e. The molecular weight excluding hydrogens is 285 g/mol. The van der Waals surface area contributed by atoms with Crippen molar-refractivity contribution in [3.05, 3.63) is 33.3 Å². The van der Waals surface area contributed by atoms with Crippen molar-refractivity contribution in [2.45, 2.75) is 6.92 Å². The highest BCUT2D eigenvalue weighted by Gasteiger charge is 2.15. The van der Waals surface area contributed by atoms with Crippen molar-refractivity contribution < 1.29 is 9.84 Å². The number of hydrogen-bond acceptors (Lipinski definition) is 3. The van der Waals surface area contributed by atoms with E-state index >= 15 is 0 Å². The Balaban J connectivity index is 2.03. The van der Waals surface area contributed by atoms with Gasteiger partial charge in [-0.25, -0.2) is 0 Å². The van der Waals surface area contributed by atoms with Gasteiger partial charge in [-0.2, -0.15) is 0 Å². The van der Waals surface area contributed by atoms with Crippen molar-refractivity contribution in [3.63, 3.8) is 0 Å². The number of benzene rings is 1. The van der Waals surface area contributed by atoms with Gasteiger partial charge in [-0.15, -0.1) is 0 Å². The molecule has 1 aliphatic rings. The smallest absolute Gasteiger partial charge is 0.145 e. The van der Waals surface area contributed by atoms with Crippen molar-refractivity contribution in [2.24, 2.45) is 5.92 Å². The second-order valence-electron chi connectivity index (χ2n) is 4.82. The van der Waals surface area contributed by atoms with Crippen molar-refractivity contribution in [2.75, 3.05) is 26.3 Å². The Morgan fingerprint density at radius 2 is 2.21 bits per heavy atom. The fourth-order valence-electron chi connectivity index (χ4n) is 1.91. The molecule has 1 aliphatic heterocycles. The Bertz CT molecular complexity index is 489. The molecule has 0 amide bonds. The van der Waals surface area contributed by atoms with Crippen LogP contribution in [0, 0.1) is 5.92 Å². The van der Waals surface area contributed by atoms with E-state index in [4.69, 9.17) is 33.0 Å². The van der Waals surface area contributed by atoms with E-state index in [1.165, 1.54) is 0 Å². The average molecular weight is 302 g/mol. The first-order chi connectivity index (χ1) is 9.10. The molecule has 1 unspecified atom stereocenters. The van der Waals surface area contributed by atoms with Crippen LogP contribution in [0.3, 0.4) is 0 Å². The zero-order valence-corrected chi connectivity index (χ0v) is 12.3. The molecule has 19 heavy (non-hydrogen) atoms. The summed E-state index contributed by atoms with van der Waals surface area (Å²) in [7, 11) is 0. The van der Waals surface area contributed by atoms with Gasteiger partial charge in [0.1, 0.15) is 12.4 Å². The fourth-order valence-corrected chi connectivity index (χ4v) is 2.48. The maximum atomic E-state index is 8.95. The maximum Gasteiger partial charge on any atom is 0.145 e. The quantitative estimate of drug-likeness (QED) is 0.878. The third-order valence-electron chi connectivity index (χ3n) is 2.96. The van der Waals surface area contributed by atoms with E-state index in [9.17, 15) is 0 Å². The highest BCUT2D eigenvalue weighted by Crippen LogP contribution is 2.36. The Morgan fingerprint density at radius 1 is 1.42 bits per heavy atom. The number of aliphatic hydroxyl groups is 1. The Morgan fingerprint density at radius 3 is 2.95 bits per heavy atom. The topological polar surface area (TPSA) is 41.5 Å². The molecule has 0 saturated carbocycles. The first kappa shape index (κ1) is 14.7. The summed E-state index contributed by atoms with van der Waals surface area (Å²) in [5, 5.41) is 13.4. The van der Waals surface area contributed by atoms with Gasteiger partial charge in [0, 0.05) is 30.3 Å². The highest BCUT2D eigenvalue weighted by molar-refractivity contribution is 6.36. The number of ether oxygens (including phenoxy) is 1. The molecule has 0 aromatic heterocycles. The molecule has 0 bridgehead atoms. The Labute approximate surface area is 123 Å². The molecule has 1 heterocycles. The second-order valence-corrected chi connectivity index (χ2v) is 5.66. The number of aliphatic hydroxyl groups excluding tert-OH is 1. The Hall–Kier alpha value is -0.740. The minimum atomic E-state index is 0.191. The fraction of sp³-hybridized carbons (Fsp3) is 0.429. The molecule has 0 spiro atoms. The predicted molar refractivity (Wildman–Crippen MR) is 79.1 cm³/mol. The maximum absolute atomic E-state index is 8.95. The number of nitrogens with one attached hydrogen (secondary N) is 1. The minimum Gasteiger partial charge on any atom is -0.487 e. The lowest BCUT2D eigenvalue weighted by atomic mass is 10.1. The molecule has 2 rings (SSSR count). The molecule has 3 nitrogen and oxygen atoms in total. The molecule has 1 aromatic carbocycles.